The highest BCUT2D eigenvalue weighted by Gasteiger charge is 2.68. The summed E-state index contributed by atoms with van der Waals surface area (Å²) in [4.78, 5) is 66.1. The lowest BCUT2D eigenvalue weighted by Crippen LogP contribution is -2.61. The van der Waals surface area contributed by atoms with Crippen molar-refractivity contribution in [2.24, 2.45) is 23.2 Å². The number of sulfonamides is 1. The van der Waals surface area contributed by atoms with Crippen LogP contribution in [0, 0.1) is 34.5 Å². The molecule has 4 fully saturated rings. The number of benzene rings is 1. The number of alkyl halides is 4. The second-order valence-corrected chi connectivity index (χ2v) is 20.4. The summed E-state index contributed by atoms with van der Waals surface area (Å²) in [5.41, 5.74) is -3.90. The first kappa shape index (κ1) is 43.3. The minimum Gasteiger partial charge on any atom is -0.471 e. The molecule has 1 saturated heterocycles. The van der Waals surface area contributed by atoms with E-state index in [0.29, 0.717) is 19.3 Å². The number of carbonyl (C=O) groups is 4. The molecule has 7 rings (SSSR count). The van der Waals surface area contributed by atoms with Crippen LogP contribution in [0.1, 0.15) is 104 Å². The van der Waals surface area contributed by atoms with E-state index in [9.17, 15) is 41.6 Å². The number of carbonyl (C=O) groups excluding carboxylic acids is 4. The first-order valence-corrected chi connectivity index (χ1v) is 21.7. The van der Waals surface area contributed by atoms with Crippen molar-refractivity contribution in [1.29, 1.82) is 5.26 Å². The molecule has 2 bridgehead atoms. The Hall–Kier alpha value is -4.80. The van der Waals surface area contributed by atoms with Gasteiger partial charge in [0, 0.05) is 12.3 Å². The number of amides is 4. The molecule has 3 saturated carbocycles. The maximum Gasteiger partial charge on any atom is 0.408 e. The second-order valence-electron chi connectivity index (χ2n) is 18.2. The van der Waals surface area contributed by atoms with E-state index in [4.69, 9.17) is 9.47 Å². The number of alkyl carbamates (subject to hydrolysis) is 1. The number of nitriles is 1. The molecule has 8 unspecified atom stereocenters. The maximum atomic E-state index is 16.3. The number of rotatable bonds is 7. The maximum absolute atomic E-state index is 16.3. The average Bonchev–Trinajstić information content (AvgIpc) is 4.12. The third-order valence-corrected chi connectivity index (χ3v) is 14.9. The van der Waals surface area contributed by atoms with Gasteiger partial charge in [-0.25, -0.2) is 32.0 Å². The fourth-order valence-electron chi connectivity index (χ4n) is 8.39. The molecule has 4 amide bonds. The zero-order valence-corrected chi connectivity index (χ0v) is 34.7. The van der Waals surface area contributed by atoms with Crippen LogP contribution >= 0.6 is 0 Å². The summed E-state index contributed by atoms with van der Waals surface area (Å²) in [5, 5.41) is 14.6. The Kier molecular flexibility index (Phi) is 11.0. The zero-order valence-electron chi connectivity index (χ0n) is 33.9. The van der Waals surface area contributed by atoms with Crippen molar-refractivity contribution in [3.05, 3.63) is 29.5 Å². The first-order valence-electron chi connectivity index (χ1n) is 20.3. The molecule has 5 aliphatic rings. The standard InChI is InChI=1S/C40H49F4N7O8S/c1-6-22-27-19-51(28(22)32(52)49-39(17-23(39)31(41)42)35(54)50-60(56,57)38(5)13-14-38)34(53)30(37(2,3)4)48-36(55)59-26-16-21(26)9-7-8-12-40(43,44)29-33(58-27)47-25-15-20(18-45)10-11-24(25)46-29/h10-11,15,21-23,26-28,30-31H,6-9,12-14,16-17,19H2,1-5H3,(H,48,55)(H,49,52)(H,50,54). The van der Waals surface area contributed by atoms with Crippen molar-refractivity contribution in [2.75, 3.05) is 6.54 Å². The second kappa shape index (κ2) is 15.3. The van der Waals surface area contributed by atoms with Crippen LogP contribution in [0.4, 0.5) is 22.4 Å². The predicted molar refractivity (Wildman–Crippen MR) is 205 cm³/mol. The molecule has 3 heterocycles. The van der Waals surface area contributed by atoms with E-state index in [1.54, 1.807) is 27.7 Å². The lowest BCUT2D eigenvalue weighted by atomic mass is 9.85. The highest BCUT2D eigenvalue weighted by atomic mass is 32.2. The normalized spacial score (nSPS) is 31.2. The van der Waals surface area contributed by atoms with E-state index < -0.39 is 129 Å². The molecular formula is C40H49F4N7O8S. The summed E-state index contributed by atoms with van der Waals surface area (Å²) in [7, 11) is -4.32. The van der Waals surface area contributed by atoms with Crippen molar-refractivity contribution in [1.82, 2.24) is 30.2 Å². The van der Waals surface area contributed by atoms with Crippen LogP contribution < -0.4 is 20.1 Å². The highest BCUT2D eigenvalue weighted by molar-refractivity contribution is 7.91. The van der Waals surface area contributed by atoms with Crippen molar-refractivity contribution >= 4 is 44.9 Å². The number of hydrogen-bond acceptors (Lipinski definition) is 11. The number of hydrogen-bond donors (Lipinski definition) is 3. The molecule has 3 N–H and O–H groups in total. The molecule has 20 heteroatoms. The smallest absolute Gasteiger partial charge is 0.408 e. The van der Waals surface area contributed by atoms with Crippen LogP contribution in [0.2, 0.25) is 0 Å². The van der Waals surface area contributed by atoms with Crippen LogP contribution in [0.15, 0.2) is 18.2 Å². The molecule has 2 aromatic rings. The third kappa shape index (κ3) is 8.17. The van der Waals surface area contributed by atoms with Crippen molar-refractivity contribution in [3.8, 4) is 11.9 Å². The fraction of sp³-hybridized carbons (Fsp3) is 0.675. The van der Waals surface area contributed by atoms with Gasteiger partial charge in [0.1, 0.15) is 29.8 Å². The van der Waals surface area contributed by atoms with Gasteiger partial charge in [0.25, 0.3) is 11.8 Å². The molecule has 1 aromatic carbocycles. The van der Waals surface area contributed by atoms with Gasteiger partial charge in [0.15, 0.2) is 5.69 Å². The molecular weight excluding hydrogens is 815 g/mol. The van der Waals surface area contributed by atoms with Crippen molar-refractivity contribution in [3.63, 3.8) is 0 Å². The zero-order chi connectivity index (χ0) is 43.7. The molecule has 8 atom stereocenters. The van der Waals surface area contributed by atoms with E-state index in [2.05, 4.69) is 20.6 Å². The predicted octanol–water partition coefficient (Wildman–Crippen LogP) is 4.82. The molecule has 0 spiro atoms. The molecule has 1 aromatic heterocycles. The summed E-state index contributed by atoms with van der Waals surface area (Å²) in [6.07, 6.45) is -5.13. The fourth-order valence-corrected chi connectivity index (χ4v) is 9.71. The van der Waals surface area contributed by atoms with Crippen LogP contribution in [0.3, 0.4) is 0 Å². The number of ether oxygens (including phenoxy) is 2. The summed E-state index contributed by atoms with van der Waals surface area (Å²) < 4.78 is 100.0. The van der Waals surface area contributed by atoms with Gasteiger partial charge >= 0.3 is 6.09 Å². The van der Waals surface area contributed by atoms with E-state index in [1.807, 2.05) is 10.8 Å². The van der Waals surface area contributed by atoms with Crippen LogP contribution in [-0.2, 0) is 35.1 Å². The van der Waals surface area contributed by atoms with E-state index in [-0.39, 0.29) is 48.2 Å². The molecule has 15 nitrogen and oxygen atoms in total. The molecule has 60 heavy (non-hydrogen) atoms. The van der Waals surface area contributed by atoms with Gasteiger partial charge in [-0.3, -0.25) is 19.1 Å². The SMILES string of the molecule is CCC1C2CN(C(=O)C(C(C)(C)C)NC(=O)OC3CC3CCCCC(F)(F)c3nc4ccc(C#N)cc4nc3O2)C1C(=O)NC1(C(=O)NS(=O)(=O)C2(C)CC2)CC1C(F)F. The number of aromatic nitrogens is 2. The topological polar surface area (TPSA) is 210 Å². The molecule has 326 valence electrons. The van der Waals surface area contributed by atoms with Crippen LogP contribution in [0.25, 0.3) is 11.0 Å². The molecule has 0 radical (unpaired) electrons. The van der Waals surface area contributed by atoms with Crippen LogP contribution in [-0.4, -0.2) is 94.6 Å². The van der Waals surface area contributed by atoms with Crippen molar-refractivity contribution < 1.29 is 54.6 Å². The quantitative estimate of drug-likeness (QED) is 0.322. The van der Waals surface area contributed by atoms with Gasteiger partial charge in [0.05, 0.1) is 39.9 Å². The Morgan fingerprint density at radius 1 is 1.08 bits per heavy atom. The third-order valence-electron chi connectivity index (χ3n) is 12.7. The van der Waals surface area contributed by atoms with Gasteiger partial charge in [-0.2, -0.15) is 14.0 Å². The van der Waals surface area contributed by atoms with Gasteiger partial charge in [-0.15, -0.1) is 0 Å². The molecule has 2 aliphatic heterocycles. The highest BCUT2D eigenvalue weighted by Crippen LogP contribution is 2.50. The van der Waals surface area contributed by atoms with Gasteiger partial charge in [-0.1, -0.05) is 34.1 Å². The summed E-state index contributed by atoms with van der Waals surface area (Å²) in [6, 6.07) is 3.14. The minimum atomic E-state index is -4.32. The summed E-state index contributed by atoms with van der Waals surface area (Å²) in [5.74, 6) is -10.4. The minimum absolute atomic E-state index is 0.0286. The lowest BCUT2D eigenvalue weighted by Gasteiger charge is -2.36. The van der Waals surface area contributed by atoms with Crippen LogP contribution in [0.5, 0.6) is 5.88 Å². The Bertz CT molecular complexity index is 2250. The Morgan fingerprint density at radius 3 is 2.42 bits per heavy atom. The number of nitrogens with one attached hydrogen (secondary N) is 3. The van der Waals surface area contributed by atoms with E-state index in [0.717, 1.165) is 4.90 Å². The summed E-state index contributed by atoms with van der Waals surface area (Å²) >= 11 is 0. The largest absolute Gasteiger partial charge is 0.471 e. The first-order chi connectivity index (χ1) is 28.0. The molecule has 3 aliphatic carbocycles. The van der Waals surface area contributed by atoms with E-state index >= 15 is 8.78 Å². The average molecular weight is 864 g/mol. The Labute approximate surface area is 344 Å². The van der Waals surface area contributed by atoms with Gasteiger partial charge < -0.3 is 25.0 Å². The van der Waals surface area contributed by atoms with Gasteiger partial charge in [-0.05, 0) is 81.4 Å². The monoisotopic (exact) mass is 863 g/mol. The Morgan fingerprint density at radius 2 is 1.80 bits per heavy atom. The number of nitrogens with zero attached hydrogens (tertiary/aromatic N) is 4. The number of fused-ring (bicyclic) bond motifs is 5. The Balaban J connectivity index is 1.30. The summed E-state index contributed by atoms with van der Waals surface area (Å²) in [6.45, 7) is 7.53. The van der Waals surface area contributed by atoms with Crippen molar-refractivity contribution in [2.45, 2.75) is 139 Å². The van der Waals surface area contributed by atoms with E-state index in [1.165, 1.54) is 25.1 Å². The lowest BCUT2D eigenvalue weighted by molar-refractivity contribution is -0.144. The number of halogens is 4. The van der Waals surface area contributed by atoms with Gasteiger partial charge in [0.2, 0.25) is 34.1 Å².